The molecule has 0 aliphatic carbocycles. The van der Waals surface area contributed by atoms with E-state index in [1.165, 1.54) is 0 Å². The van der Waals surface area contributed by atoms with Crippen molar-refractivity contribution in [1.82, 2.24) is 19.7 Å². The molecule has 0 aromatic carbocycles. The molecule has 0 spiro atoms. The third kappa shape index (κ3) is 3.21. The van der Waals surface area contributed by atoms with E-state index in [1.54, 1.807) is 4.90 Å². The second-order valence-electron chi connectivity index (χ2n) is 6.64. The van der Waals surface area contributed by atoms with Gasteiger partial charge in [0.1, 0.15) is 5.69 Å². The fourth-order valence-electron chi connectivity index (χ4n) is 2.78. The summed E-state index contributed by atoms with van der Waals surface area (Å²) in [5.74, 6) is 1.20. The lowest BCUT2D eigenvalue weighted by Crippen LogP contribution is -2.43. The molecule has 1 atom stereocenters. The minimum absolute atomic E-state index is 0.00518. The van der Waals surface area contributed by atoms with Gasteiger partial charge in [-0.2, -0.15) is 0 Å². The van der Waals surface area contributed by atoms with Gasteiger partial charge in [-0.25, -0.2) is 0 Å². The number of amides is 1. The summed E-state index contributed by atoms with van der Waals surface area (Å²) in [7, 11) is 0. The van der Waals surface area contributed by atoms with Gasteiger partial charge >= 0.3 is 0 Å². The molecule has 2 aromatic rings. The van der Waals surface area contributed by atoms with Gasteiger partial charge < -0.3 is 18.6 Å². The summed E-state index contributed by atoms with van der Waals surface area (Å²) in [4.78, 5) is 14.7. The molecule has 1 saturated heterocycles. The van der Waals surface area contributed by atoms with Crippen molar-refractivity contribution in [3.63, 3.8) is 0 Å². The van der Waals surface area contributed by atoms with E-state index < -0.39 is 0 Å². The van der Waals surface area contributed by atoms with Crippen LogP contribution in [0.25, 0.3) is 0 Å². The number of carbonyl (C=O) groups excluding carboxylic acids is 1. The summed E-state index contributed by atoms with van der Waals surface area (Å²) in [6.07, 6.45) is 1.56. The molecule has 0 radical (unpaired) electrons. The number of ether oxygens (including phenoxy) is 1. The Bertz CT molecular complexity index is 704. The van der Waals surface area contributed by atoms with Crippen LogP contribution in [0.2, 0.25) is 0 Å². The zero-order valence-electron chi connectivity index (χ0n) is 14.6. The molecule has 1 aliphatic rings. The highest BCUT2D eigenvalue weighted by Crippen LogP contribution is 2.24. The number of aromatic nitrogens is 3. The highest BCUT2D eigenvalue weighted by molar-refractivity contribution is 5.93. The van der Waals surface area contributed by atoms with Crippen LogP contribution in [0.15, 0.2) is 22.7 Å². The van der Waals surface area contributed by atoms with E-state index in [0.29, 0.717) is 37.2 Å². The van der Waals surface area contributed by atoms with Crippen LogP contribution in [-0.4, -0.2) is 45.3 Å². The SMILES string of the molecule is CC(C)c1nnc([C@@H]2CN(C(=O)c3cccn3C(C)C)CCO2)o1. The van der Waals surface area contributed by atoms with Gasteiger partial charge in [-0.05, 0) is 26.0 Å². The first kappa shape index (κ1) is 16.7. The molecule has 2 aromatic heterocycles. The largest absolute Gasteiger partial charge is 0.422 e. The molecule has 7 nitrogen and oxygen atoms in total. The van der Waals surface area contributed by atoms with Crippen LogP contribution in [0.1, 0.15) is 68.0 Å². The topological polar surface area (TPSA) is 73.4 Å². The zero-order valence-corrected chi connectivity index (χ0v) is 14.6. The predicted octanol–water partition coefficient (Wildman–Crippen LogP) is 2.79. The van der Waals surface area contributed by atoms with E-state index in [4.69, 9.17) is 9.15 Å². The average Bonchev–Trinajstić information content (AvgIpc) is 3.23. The molecule has 3 rings (SSSR count). The van der Waals surface area contributed by atoms with Gasteiger partial charge in [0.05, 0.1) is 13.2 Å². The van der Waals surface area contributed by atoms with Crippen LogP contribution in [0.3, 0.4) is 0 Å². The summed E-state index contributed by atoms with van der Waals surface area (Å²) in [6, 6.07) is 3.99. The molecule has 0 unspecified atom stereocenters. The van der Waals surface area contributed by atoms with Crippen molar-refractivity contribution in [2.45, 2.75) is 45.8 Å². The second-order valence-corrected chi connectivity index (χ2v) is 6.64. The highest BCUT2D eigenvalue weighted by Gasteiger charge is 2.31. The summed E-state index contributed by atoms with van der Waals surface area (Å²) >= 11 is 0. The molecule has 0 N–H and O–H groups in total. The molecule has 3 heterocycles. The van der Waals surface area contributed by atoms with Crippen LogP contribution in [-0.2, 0) is 4.74 Å². The highest BCUT2D eigenvalue weighted by atomic mass is 16.5. The maximum Gasteiger partial charge on any atom is 0.270 e. The number of morpholine rings is 1. The van der Waals surface area contributed by atoms with E-state index in [2.05, 4.69) is 24.0 Å². The van der Waals surface area contributed by atoms with Crippen molar-refractivity contribution >= 4 is 5.91 Å². The molecule has 1 fully saturated rings. The summed E-state index contributed by atoms with van der Waals surface area (Å²) in [5.41, 5.74) is 0.694. The van der Waals surface area contributed by atoms with Crippen molar-refractivity contribution in [2.75, 3.05) is 19.7 Å². The summed E-state index contributed by atoms with van der Waals surface area (Å²) in [6.45, 7) is 9.54. The first-order valence-electron chi connectivity index (χ1n) is 8.38. The fourth-order valence-corrected chi connectivity index (χ4v) is 2.78. The molecule has 7 heteroatoms. The lowest BCUT2D eigenvalue weighted by Gasteiger charge is -2.31. The fraction of sp³-hybridized carbons (Fsp3) is 0.588. The van der Waals surface area contributed by atoms with Gasteiger partial charge in [0.25, 0.3) is 5.91 Å². The lowest BCUT2D eigenvalue weighted by molar-refractivity contribution is -0.0354. The minimum Gasteiger partial charge on any atom is -0.422 e. The molecular weight excluding hydrogens is 308 g/mol. The van der Waals surface area contributed by atoms with E-state index in [1.807, 2.05) is 36.7 Å². The van der Waals surface area contributed by atoms with Crippen LogP contribution in [0, 0.1) is 0 Å². The van der Waals surface area contributed by atoms with Crippen molar-refractivity contribution in [3.05, 3.63) is 35.8 Å². The van der Waals surface area contributed by atoms with Crippen molar-refractivity contribution in [3.8, 4) is 0 Å². The Morgan fingerprint density at radius 3 is 2.75 bits per heavy atom. The number of rotatable bonds is 4. The number of hydrogen-bond acceptors (Lipinski definition) is 5. The molecule has 24 heavy (non-hydrogen) atoms. The first-order valence-corrected chi connectivity index (χ1v) is 8.38. The van der Waals surface area contributed by atoms with Gasteiger partial charge in [-0.1, -0.05) is 13.8 Å². The van der Waals surface area contributed by atoms with Crippen LogP contribution < -0.4 is 0 Å². The van der Waals surface area contributed by atoms with Gasteiger partial charge in [0, 0.05) is 24.7 Å². The average molecular weight is 332 g/mol. The number of hydrogen-bond donors (Lipinski definition) is 0. The summed E-state index contributed by atoms with van der Waals surface area (Å²) in [5, 5.41) is 8.12. The Hall–Kier alpha value is -2.15. The maximum absolute atomic E-state index is 12.9. The predicted molar refractivity (Wildman–Crippen MR) is 87.8 cm³/mol. The number of nitrogens with zero attached hydrogens (tertiary/aromatic N) is 4. The smallest absolute Gasteiger partial charge is 0.270 e. The number of carbonyl (C=O) groups is 1. The summed E-state index contributed by atoms with van der Waals surface area (Å²) < 4.78 is 13.4. The van der Waals surface area contributed by atoms with Crippen LogP contribution in [0.5, 0.6) is 0 Å². The lowest BCUT2D eigenvalue weighted by atomic mass is 10.2. The Labute approximate surface area is 141 Å². The first-order chi connectivity index (χ1) is 11.5. The standard InChI is InChI=1S/C17H24N4O3/c1-11(2)15-18-19-16(24-15)14-10-20(8-9-23-14)17(22)13-6-5-7-21(13)12(3)4/h5-7,11-12,14H,8-10H2,1-4H3/t14-/m0/s1. The molecule has 1 amide bonds. The van der Waals surface area contributed by atoms with Crippen molar-refractivity contribution < 1.29 is 13.9 Å². The van der Waals surface area contributed by atoms with Gasteiger partial charge in [0.15, 0.2) is 6.10 Å². The van der Waals surface area contributed by atoms with E-state index in [-0.39, 0.29) is 24.0 Å². The monoisotopic (exact) mass is 332 g/mol. The van der Waals surface area contributed by atoms with Crippen LogP contribution in [0.4, 0.5) is 0 Å². The Balaban J connectivity index is 1.75. The van der Waals surface area contributed by atoms with Gasteiger partial charge in [-0.3, -0.25) is 4.79 Å². The van der Waals surface area contributed by atoms with Gasteiger partial charge in [-0.15, -0.1) is 10.2 Å². The minimum atomic E-state index is -0.370. The molecule has 130 valence electrons. The molecule has 0 bridgehead atoms. The Kier molecular flexibility index (Phi) is 4.71. The molecular formula is C17H24N4O3. The molecule has 0 saturated carbocycles. The maximum atomic E-state index is 12.9. The Morgan fingerprint density at radius 2 is 2.08 bits per heavy atom. The molecule has 1 aliphatic heterocycles. The third-order valence-electron chi connectivity index (χ3n) is 4.13. The van der Waals surface area contributed by atoms with E-state index in [9.17, 15) is 4.79 Å². The second kappa shape index (κ2) is 6.76. The van der Waals surface area contributed by atoms with Crippen molar-refractivity contribution in [2.24, 2.45) is 0 Å². The Morgan fingerprint density at radius 1 is 1.29 bits per heavy atom. The quantitative estimate of drug-likeness (QED) is 0.861. The normalized spacial score (nSPS) is 18.6. The van der Waals surface area contributed by atoms with E-state index >= 15 is 0 Å². The van der Waals surface area contributed by atoms with Crippen molar-refractivity contribution in [1.29, 1.82) is 0 Å². The van der Waals surface area contributed by atoms with Gasteiger partial charge in [0.2, 0.25) is 11.8 Å². The van der Waals surface area contributed by atoms with Crippen LogP contribution >= 0.6 is 0 Å². The third-order valence-corrected chi connectivity index (χ3v) is 4.13. The van der Waals surface area contributed by atoms with E-state index in [0.717, 1.165) is 0 Å². The zero-order chi connectivity index (χ0) is 17.3.